The Balaban J connectivity index is 1.90. The van der Waals surface area contributed by atoms with Gasteiger partial charge in [0.05, 0.1) is 16.1 Å². The maximum atomic E-state index is 13.5. The van der Waals surface area contributed by atoms with E-state index in [4.69, 9.17) is 5.73 Å². The highest BCUT2D eigenvalue weighted by Crippen LogP contribution is 2.38. The fourth-order valence-corrected chi connectivity index (χ4v) is 5.23. The van der Waals surface area contributed by atoms with Crippen LogP contribution in [-0.4, -0.2) is 23.4 Å². The summed E-state index contributed by atoms with van der Waals surface area (Å²) in [5, 5.41) is 0. The van der Waals surface area contributed by atoms with Crippen LogP contribution in [0, 0.1) is 5.82 Å². The van der Waals surface area contributed by atoms with Gasteiger partial charge in [-0.3, -0.25) is 0 Å². The molecule has 0 bridgehead atoms. The Labute approximate surface area is 150 Å². The molecular formula is C18H19FN4O2S. The molecule has 0 aliphatic heterocycles. The first-order chi connectivity index (χ1) is 12.5. The number of nitrogens with zero attached hydrogens (tertiary/aromatic N) is 2. The second kappa shape index (κ2) is 6.35. The fourth-order valence-electron chi connectivity index (χ4n) is 3.72. The van der Waals surface area contributed by atoms with Gasteiger partial charge in [-0.15, -0.1) is 0 Å². The molecule has 26 heavy (non-hydrogen) atoms. The van der Waals surface area contributed by atoms with Gasteiger partial charge in [0, 0.05) is 5.92 Å². The number of halogens is 1. The zero-order valence-corrected chi connectivity index (χ0v) is 14.9. The summed E-state index contributed by atoms with van der Waals surface area (Å²) in [4.78, 5) is 11.3. The molecule has 8 heteroatoms. The number of nitrogens with one attached hydrogen (secondary N) is 1. The van der Waals surface area contributed by atoms with Gasteiger partial charge in [0.1, 0.15) is 28.4 Å². The van der Waals surface area contributed by atoms with Crippen molar-refractivity contribution in [2.75, 3.05) is 5.73 Å². The second-order valence-electron chi connectivity index (χ2n) is 6.65. The number of hydrogen-bond donors (Lipinski definition) is 2. The van der Waals surface area contributed by atoms with E-state index in [0.717, 1.165) is 37.4 Å². The number of nitrogen functional groups attached to an aromatic ring is 1. The van der Waals surface area contributed by atoms with Crippen LogP contribution in [0.5, 0.6) is 0 Å². The molecule has 1 aliphatic carbocycles. The second-order valence-corrected chi connectivity index (χ2v) is 8.53. The highest BCUT2D eigenvalue weighted by molar-refractivity contribution is 7.92. The number of nitrogens with two attached hydrogens (primary N) is 1. The third kappa shape index (κ3) is 2.74. The lowest BCUT2D eigenvalue weighted by Crippen LogP contribution is -2.08. The van der Waals surface area contributed by atoms with Crippen LogP contribution < -0.4 is 5.73 Å². The van der Waals surface area contributed by atoms with Crippen LogP contribution in [-0.2, 0) is 9.84 Å². The molecule has 0 spiro atoms. The summed E-state index contributed by atoms with van der Waals surface area (Å²) in [6.45, 7) is 0. The predicted octanol–water partition coefficient (Wildman–Crippen LogP) is 3.56. The van der Waals surface area contributed by atoms with E-state index in [1.54, 1.807) is 0 Å². The van der Waals surface area contributed by atoms with Gasteiger partial charge in [-0.25, -0.2) is 22.8 Å². The Kier molecular flexibility index (Phi) is 4.14. The quantitative estimate of drug-likeness (QED) is 0.730. The molecule has 0 unspecified atom stereocenters. The smallest absolute Gasteiger partial charge is 0.212 e. The Bertz CT molecular complexity index is 1070. The van der Waals surface area contributed by atoms with Crippen LogP contribution in [0.3, 0.4) is 0 Å². The molecule has 2 heterocycles. The Morgan fingerprint density at radius 2 is 1.92 bits per heavy atom. The lowest BCUT2D eigenvalue weighted by atomic mass is 9.86. The van der Waals surface area contributed by atoms with Gasteiger partial charge in [0.25, 0.3) is 0 Å². The van der Waals surface area contributed by atoms with E-state index in [1.165, 1.54) is 30.9 Å². The van der Waals surface area contributed by atoms with Gasteiger partial charge < -0.3 is 10.7 Å². The summed E-state index contributed by atoms with van der Waals surface area (Å²) in [6, 6.07) is 4.88. The maximum absolute atomic E-state index is 13.5. The minimum Gasteiger partial charge on any atom is -0.384 e. The van der Waals surface area contributed by atoms with Crippen molar-refractivity contribution in [1.29, 1.82) is 0 Å². The van der Waals surface area contributed by atoms with Gasteiger partial charge in [-0.05, 0) is 31.0 Å². The highest BCUT2D eigenvalue weighted by Gasteiger charge is 2.29. The van der Waals surface area contributed by atoms with Crippen LogP contribution in [0.2, 0.25) is 0 Å². The molecule has 0 amide bonds. The number of fused-ring (bicyclic) bond motifs is 1. The molecule has 1 aromatic carbocycles. The Hall–Kier alpha value is -2.48. The van der Waals surface area contributed by atoms with Gasteiger partial charge in [-0.1, -0.05) is 25.3 Å². The molecule has 1 aliphatic rings. The number of H-pyrrole nitrogens is 1. The van der Waals surface area contributed by atoms with Crippen molar-refractivity contribution >= 4 is 26.7 Å². The van der Waals surface area contributed by atoms with Gasteiger partial charge in [0.2, 0.25) is 9.84 Å². The van der Waals surface area contributed by atoms with Crippen molar-refractivity contribution in [2.24, 2.45) is 0 Å². The van der Waals surface area contributed by atoms with Gasteiger partial charge >= 0.3 is 0 Å². The number of benzene rings is 1. The third-order valence-electron chi connectivity index (χ3n) is 4.96. The minimum atomic E-state index is -4.01. The molecular weight excluding hydrogens is 355 g/mol. The average Bonchev–Trinajstić information content (AvgIpc) is 2.99. The van der Waals surface area contributed by atoms with E-state index in [9.17, 15) is 12.8 Å². The van der Waals surface area contributed by atoms with E-state index < -0.39 is 15.7 Å². The summed E-state index contributed by atoms with van der Waals surface area (Å²) in [5.74, 6) is -0.360. The normalized spacial score (nSPS) is 16.2. The summed E-state index contributed by atoms with van der Waals surface area (Å²) >= 11 is 0. The molecule has 1 saturated carbocycles. The first kappa shape index (κ1) is 17.0. The minimum absolute atomic E-state index is 0.00169. The van der Waals surface area contributed by atoms with Crippen LogP contribution in [0.15, 0.2) is 40.4 Å². The van der Waals surface area contributed by atoms with E-state index >= 15 is 0 Å². The fraction of sp³-hybridized carbons (Fsp3) is 0.333. The summed E-state index contributed by atoms with van der Waals surface area (Å²) in [7, 11) is -4.01. The molecule has 0 saturated heterocycles. The summed E-state index contributed by atoms with van der Waals surface area (Å²) in [5.41, 5.74) is 7.65. The molecule has 0 radical (unpaired) electrons. The average molecular weight is 374 g/mol. The topological polar surface area (TPSA) is 102 Å². The Morgan fingerprint density at radius 1 is 1.15 bits per heavy atom. The zero-order valence-electron chi connectivity index (χ0n) is 14.1. The molecule has 3 N–H and O–H groups in total. The predicted molar refractivity (Wildman–Crippen MR) is 96.0 cm³/mol. The maximum Gasteiger partial charge on any atom is 0.212 e. The van der Waals surface area contributed by atoms with Crippen molar-refractivity contribution in [3.8, 4) is 0 Å². The monoisotopic (exact) mass is 374 g/mol. The number of hydrogen-bond acceptors (Lipinski definition) is 5. The summed E-state index contributed by atoms with van der Waals surface area (Å²) in [6.07, 6.45) is 6.86. The number of aromatic amines is 1. The lowest BCUT2D eigenvalue weighted by molar-refractivity contribution is 0.438. The first-order valence-corrected chi connectivity index (χ1v) is 10.1. The van der Waals surface area contributed by atoms with Crippen molar-refractivity contribution in [1.82, 2.24) is 15.0 Å². The van der Waals surface area contributed by atoms with Crippen LogP contribution in [0.1, 0.15) is 43.7 Å². The molecule has 3 aromatic rings. The van der Waals surface area contributed by atoms with Crippen molar-refractivity contribution in [3.63, 3.8) is 0 Å². The third-order valence-corrected chi connectivity index (χ3v) is 6.79. The molecule has 6 nitrogen and oxygen atoms in total. The number of aromatic nitrogens is 3. The SMILES string of the molecule is Nc1[nH]c2c(C3CCCCC3)ncnc2c1S(=O)(=O)c1cccc(F)c1. The molecule has 136 valence electrons. The van der Waals surface area contributed by atoms with Crippen molar-refractivity contribution in [2.45, 2.75) is 47.8 Å². The zero-order chi connectivity index (χ0) is 18.3. The molecule has 1 fully saturated rings. The van der Waals surface area contributed by atoms with Gasteiger partial charge in [-0.2, -0.15) is 0 Å². The first-order valence-electron chi connectivity index (χ1n) is 8.61. The van der Waals surface area contributed by atoms with E-state index in [-0.39, 0.29) is 27.0 Å². The van der Waals surface area contributed by atoms with Crippen molar-refractivity contribution < 1.29 is 12.8 Å². The number of anilines is 1. The largest absolute Gasteiger partial charge is 0.384 e. The standard InChI is InChI=1S/C18H19FN4O2S/c19-12-7-4-8-13(9-12)26(24,25)17-16-15(23-18(17)20)14(21-10-22-16)11-5-2-1-3-6-11/h4,7-11,23H,1-3,5-6,20H2. The molecule has 0 atom stereocenters. The van der Waals surface area contributed by atoms with Crippen LogP contribution in [0.25, 0.3) is 11.0 Å². The summed E-state index contributed by atoms with van der Waals surface area (Å²) < 4.78 is 39.6. The van der Waals surface area contributed by atoms with Crippen molar-refractivity contribution in [3.05, 3.63) is 42.1 Å². The number of sulfone groups is 1. The van der Waals surface area contributed by atoms with Crippen LogP contribution >= 0.6 is 0 Å². The highest BCUT2D eigenvalue weighted by atomic mass is 32.2. The van der Waals surface area contributed by atoms with Crippen LogP contribution in [0.4, 0.5) is 10.2 Å². The molecule has 4 rings (SSSR count). The number of rotatable bonds is 3. The van der Waals surface area contributed by atoms with E-state index in [0.29, 0.717) is 5.52 Å². The van der Waals surface area contributed by atoms with Gasteiger partial charge in [0.15, 0.2) is 0 Å². The molecule has 2 aromatic heterocycles. The lowest BCUT2D eigenvalue weighted by Gasteiger charge is -2.21. The Morgan fingerprint density at radius 3 is 2.65 bits per heavy atom. The van der Waals surface area contributed by atoms with E-state index in [1.807, 2.05) is 0 Å². The van der Waals surface area contributed by atoms with E-state index in [2.05, 4.69) is 15.0 Å².